The Bertz CT molecular complexity index is 277. The highest BCUT2D eigenvalue weighted by Crippen LogP contribution is 2.19. The van der Waals surface area contributed by atoms with Crippen LogP contribution in [-0.2, 0) is 6.54 Å². The van der Waals surface area contributed by atoms with Gasteiger partial charge < -0.3 is 5.32 Å². The third kappa shape index (κ3) is 1.19. The second kappa shape index (κ2) is 2.81. The minimum absolute atomic E-state index is 0.747. The van der Waals surface area contributed by atoms with Gasteiger partial charge in [0.05, 0.1) is 5.69 Å². The van der Waals surface area contributed by atoms with Gasteiger partial charge in [-0.05, 0) is 19.3 Å². The first-order chi connectivity index (χ1) is 5.79. The van der Waals surface area contributed by atoms with E-state index in [1.165, 1.54) is 12.2 Å². The van der Waals surface area contributed by atoms with Crippen molar-refractivity contribution in [3.8, 4) is 0 Å². The van der Waals surface area contributed by atoms with Crippen LogP contribution in [0.15, 0.2) is 6.07 Å². The number of anilines is 1. The molecule has 1 aliphatic heterocycles. The molecular weight excluding hydrogens is 150 g/mol. The molecule has 66 valence electrons. The van der Waals surface area contributed by atoms with E-state index >= 15 is 0 Å². The number of nitrogens with one attached hydrogen (secondary N) is 1. The van der Waals surface area contributed by atoms with Gasteiger partial charge in [0.25, 0.3) is 0 Å². The van der Waals surface area contributed by atoms with E-state index in [4.69, 9.17) is 0 Å². The van der Waals surface area contributed by atoms with E-state index in [0.29, 0.717) is 0 Å². The molecule has 0 amide bonds. The Morgan fingerprint density at radius 1 is 1.75 bits per heavy atom. The first kappa shape index (κ1) is 7.65. The van der Waals surface area contributed by atoms with E-state index < -0.39 is 0 Å². The normalized spacial score (nSPS) is 21.7. The van der Waals surface area contributed by atoms with Crippen LogP contribution in [0.2, 0.25) is 0 Å². The number of nitrogens with zero attached hydrogens (tertiary/aromatic N) is 2. The summed E-state index contributed by atoms with van der Waals surface area (Å²) in [7, 11) is 0. The average molecular weight is 165 g/mol. The van der Waals surface area contributed by atoms with Crippen molar-refractivity contribution >= 4 is 5.82 Å². The number of aryl methyl sites for hydroxylation is 1. The summed E-state index contributed by atoms with van der Waals surface area (Å²) >= 11 is 0. The SMILES string of the molecule is CCC1CNc2cc(C)nn2C1. The average Bonchev–Trinajstić information content (AvgIpc) is 2.43. The molecule has 1 atom stereocenters. The predicted octanol–water partition coefficient (Wildman–Crippen LogP) is 1.64. The highest BCUT2D eigenvalue weighted by Gasteiger charge is 2.16. The molecule has 1 aromatic rings. The molecule has 12 heavy (non-hydrogen) atoms. The zero-order valence-electron chi connectivity index (χ0n) is 7.67. The zero-order chi connectivity index (χ0) is 8.55. The van der Waals surface area contributed by atoms with E-state index in [0.717, 1.165) is 24.7 Å². The molecule has 0 aromatic carbocycles. The van der Waals surface area contributed by atoms with Crippen LogP contribution in [0.5, 0.6) is 0 Å². The highest BCUT2D eigenvalue weighted by atomic mass is 15.3. The van der Waals surface area contributed by atoms with Crippen molar-refractivity contribution in [3.05, 3.63) is 11.8 Å². The Morgan fingerprint density at radius 3 is 3.33 bits per heavy atom. The molecule has 0 saturated heterocycles. The van der Waals surface area contributed by atoms with Crippen LogP contribution in [0.3, 0.4) is 0 Å². The van der Waals surface area contributed by atoms with Crippen LogP contribution in [0.4, 0.5) is 5.82 Å². The van der Waals surface area contributed by atoms with Gasteiger partial charge in [0.15, 0.2) is 0 Å². The summed E-state index contributed by atoms with van der Waals surface area (Å²) in [4.78, 5) is 0. The smallest absolute Gasteiger partial charge is 0.124 e. The molecule has 0 saturated carbocycles. The van der Waals surface area contributed by atoms with Crippen molar-refractivity contribution in [2.24, 2.45) is 5.92 Å². The van der Waals surface area contributed by atoms with Crippen LogP contribution in [-0.4, -0.2) is 16.3 Å². The van der Waals surface area contributed by atoms with E-state index in [1.807, 2.05) is 6.92 Å². The summed E-state index contributed by atoms with van der Waals surface area (Å²) in [5, 5.41) is 7.79. The van der Waals surface area contributed by atoms with Crippen LogP contribution in [0, 0.1) is 12.8 Å². The molecule has 2 rings (SSSR count). The molecule has 0 bridgehead atoms. The summed E-state index contributed by atoms with van der Waals surface area (Å²) in [5.41, 5.74) is 1.11. The van der Waals surface area contributed by atoms with Crippen LogP contribution in [0.25, 0.3) is 0 Å². The van der Waals surface area contributed by atoms with Gasteiger partial charge >= 0.3 is 0 Å². The summed E-state index contributed by atoms with van der Waals surface area (Å²) in [6.07, 6.45) is 1.23. The fourth-order valence-corrected chi connectivity index (χ4v) is 1.66. The van der Waals surface area contributed by atoms with E-state index in [9.17, 15) is 0 Å². The lowest BCUT2D eigenvalue weighted by atomic mass is 10.1. The van der Waals surface area contributed by atoms with Crippen molar-refractivity contribution in [2.45, 2.75) is 26.8 Å². The maximum atomic E-state index is 4.40. The van der Waals surface area contributed by atoms with E-state index in [-0.39, 0.29) is 0 Å². The Balaban J connectivity index is 2.22. The van der Waals surface area contributed by atoms with Crippen molar-refractivity contribution in [1.29, 1.82) is 0 Å². The molecule has 0 radical (unpaired) electrons. The van der Waals surface area contributed by atoms with E-state index in [1.54, 1.807) is 0 Å². The standard InChI is InChI=1S/C9H15N3/c1-3-8-5-10-9-4-7(2)11-12(9)6-8/h4,8,10H,3,5-6H2,1-2H3. The Kier molecular flexibility index (Phi) is 1.79. The van der Waals surface area contributed by atoms with Gasteiger partial charge in [-0.15, -0.1) is 0 Å². The summed E-state index contributed by atoms with van der Waals surface area (Å²) in [5.74, 6) is 1.92. The molecule has 1 aliphatic rings. The van der Waals surface area contributed by atoms with Gasteiger partial charge in [-0.3, -0.25) is 0 Å². The zero-order valence-corrected chi connectivity index (χ0v) is 7.67. The Labute approximate surface area is 72.8 Å². The maximum Gasteiger partial charge on any atom is 0.124 e. The summed E-state index contributed by atoms with van der Waals surface area (Å²) in [6.45, 7) is 6.44. The summed E-state index contributed by atoms with van der Waals surface area (Å²) < 4.78 is 2.08. The Hall–Kier alpha value is -0.990. The largest absolute Gasteiger partial charge is 0.370 e. The van der Waals surface area contributed by atoms with Crippen molar-refractivity contribution in [1.82, 2.24) is 9.78 Å². The van der Waals surface area contributed by atoms with Gasteiger partial charge in [-0.2, -0.15) is 5.10 Å². The van der Waals surface area contributed by atoms with Crippen molar-refractivity contribution in [3.63, 3.8) is 0 Å². The quantitative estimate of drug-likeness (QED) is 0.685. The number of hydrogen-bond donors (Lipinski definition) is 1. The monoisotopic (exact) mass is 165 g/mol. The molecule has 1 aromatic heterocycles. The maximum absolute atomic E-state index is 4.40. The Morgan fingerprint density at radius 2 is 2.58 bits per heavy atom. The third-order valence-electron chi connectivity index (χ3n) is 2.48. The van der Waals surface area contributed by atoms with Gasteiger partial charge in [-0.1, -0.05) is 6.92 Å². The number of aromatic nitrogens is 2. The molecule has 3 nitrogen and oxygen atoms in total. The molecule has 0 fully saturated rings. The lowest BCUT2D eigenvalue weighted by Crippen LogP contribution is -2.27. The first-order valence-corrected chi connectivity index (χ1v) is 4.58. The topological polar surface area (TPSA) is 29.9 Å². The highest BCUT2D eigenvalue weighted by molar-refractivity contribution is 5.38. The minimum Gasteiger partial charge on any atom is -0.370 e. The van der Waals surface area contributed by atoms with Gasteiger partial charge in [0.2, 0.25) is 0 Å². The number of rotatable bonds is 1. The lowest BCUT2D eigenvalue weighted by molar-refractivity contribution is 0.403. The minimum atomic E-state index is 0.747. The fourth-order valence-electron chi connectivity index (χ4n) is 1.66. The fraction of sp³-hybridized carbons (Fsp3) is 0.667. The van der Waals surface area contributed by atoms with Gasteiger partial charge in [0, 0.05) is 19.2 Å². The molecule has 0 aliphatic carbocycles. The van der Waals surface area contributed by atoms with E-state index in [2.05, 4.69) is 28.1 Å². The molecule has 1 unspecified atom stereocenters. The van der Waals surface area contributed by atoms with Crippen molar-refractivity contribution in [2.75, 3.05) is 11.9 Å². The third-order valence-corrected chi connectivity index (χ3v) is 2.48. The van der Waals surface area contributed by atoms with Crippen molar-refractivity contribution < 1.29 is 0 Å². The van der Waals surface area contributed by atoms with Gasteiger partial charge in [-0.25, -0.2) is 4.68 Å². The lowest BCUT2D eigenvalue weighted by Gasteiger charge is -2.23. The van der Waals surface area contributed by atoms with Crippen LogP contribution < -0.4 is 5.32 Å². The van der Waals surface area contributed by atoms with Crippen LogP contribution >= 0.6 is 0 Å². The number of hydrogen-bond acceptors (Lipinski definition) is 2. The summed E-state index contributed by atoms with van der Waals surface area (Å²) in [6, 6.07) is 2.10. The molecule has 0 spiro atoms. The molecular formula is C9H15N3. The van der Waals surface area contributed by atoms with Gasteiger partial charge in [0.1, 0.15) is 5.82 Å². The molecule has 1 N–H and O–H groups in total. The predicted molar refractivity (Wildman–Crippen MR) is 49.2 cm³/mol. The molecule has 3 heteroatoms. The second-order valence-electron chi connectivity index (χ2n) is 3.51. The first-order valence-electron chi connectivity index (χ1n) is 4.58. The van der Waals surface area contributed by atoms with Crippen LogP contribution in [0.1, 0.15) is 19.0 Å². The second-order valence-corrected chi connectivity index (χ2v) is 3.51. The molecule has 2 heterocycles. The number of fused-ring (bicyclic) bond motifs is 1.